The summed E-state index contributed by atoms with van der Waals surface area (Å²) in [6.07, 6.45) is 2.53. The Labute approximate surface area is 171 Å². The third-order valence-corrected chi connectivity index (χ3v) is 6.93. The molecule has 1 aromatic carbocycles. The molecule has 0 bridgehead atoms. The van der Waals surface area contributed by atoms with Crippen molar-refractivity contribution in [3.05, 3.63) is 40.3 Å². The zero-order valence-corrected chi connectivity index (χ0v) is 17.3. The number of likely N-dealkylation sites (tertiary alicyclic amines) is 1. The molecule has 4 rings (SSSR count). The van der Waals surface area contributed by atoms with Crippen molar-refractivity contribution in [2.24, 2.45) is 5.92 Å². The molecule has 0 atom stereocenters. The molecule has 0 unspecified atom stereocenters. The number of nitrogens with zero attached hydrogens (tertiary/aromatic N) is 3. The molecule has 2 amide bonds. The number of amides is 2. The van der Waals surface area contributed by atoms with Crippen LogP contribution < -0.4 is 5.32 Å². The molecule has 0 saturated carbocycles. The SMILES string of the molecule is Cc1csc(NC(=O)C2CCN(C(=O)CCc3nc4ccccc4s3)CC2)n1. The maximum Gasteiger partial charge on any atom is 0.229 e. The van der Waals surface area contributed by atoms with Gasteiger partial charge in [0.2, 0.25) is 11.8 Å². The van der Waals surface area contributed by atoms with E-state index in [1.807, 2.05) is 35.4 Å². The fourth-order valence-corrected chi connectivity index (χ4v) is 5.07. The van der Waals surface area contributed by atoms with Crippen LogP contribution >= 0.6 is 22.7 Å². The number of thiazole rings is 2. The Morgan fingerprint density at radius 1 is 1.21 bits per heavy atom. The number of hydrogen-bond acceptors (Lipinski definition) is 6. The molecule has 0 aliphatic carbocycles. The lowest BCUT2D eigenvalue weighted by atomic mass is 9.95. The number of carbonyl (C=O) groups is 2. The van der Waals surface area contributed by atoms with Gasteiger partial charge in [0.1, 0.15) is 0 Å². The molecule has 1 N–H and O–H groups in total. The molecule has 1 aliphatic rings. The first kappa shape index (κ1) is 19.0. The van der Waals surface area contributed by atoms with Gasteiger partial charge in [-0.15, -0.1) is 22.7 Å². The number of piperidine rings is 1. The minimum absolute atomic E-state index is 0.0101. The first-order valence-electron chi connectivity index (χ1n) is 9.44. The standard InChI is InChI=1S/C20H22N4O2S2/c1-13-12-27-20(21-13)23-19(26)14-8-10-24(11-9-14)18(25)7-6-17-22-15-4-2-3-5-16(15)28-17/h2-5,12,14H,6-11H2,1H3,(H,21,23,26). The lowest BCUT2D eigenvalue weighted by molar-refractivity contribution is -0.134. The summed E-state index contributed by atoms with van der Waals surface area (Å²) in [5, 5.41) is 6.47. The van der Waals surface area contributed by atoms with Gasteiger partial charge in [-0.3, -0.25) is 9.59 Å². The molecule has 1 fully saturated rings. The van der Waals surface area contributed by atoms with E-state index in [0.29, 0.717) is 43.9 Å². The molecule has 0 spiro atoms. The summed E-state index contributed by atoms with van der Waals surface area (Å²) in [5.41, 5.74) is 1.91. The number of fused-ring (bicyclic) bond motifs is 1. The van der Waals surface area contributed by atoms with Gasteiger partial charge in [-0.2, -0.15) is 0 Å². The van der Waals surface area contributed by atoms with Crippen molar-refractivity contribution in [2.75, 3.05) is 18.4 Å². The molecule has 146 valence electrons. The first-order valence-corrected chi connectivity index (χ1v) is 11.1. The van der Waals surface area contributed by atoms with Gasteiger partial charge in [-0.05, 0) is 31.9 Å². The highest BCUT2D eigenvalue weighted by Crippen LogP contribution is 2.24. The molecule has 28 heavy (non-hydrogen) atoms. The minimum atomic E-state index is -0.0579. The van der Waals surface area contributed by atoms with Crippen LogP contribution in [0.5, 0.6) is 0 Å². The van der Waals surface area contributed by atoms with Crippen LogP contribution in [-0.4, -0.2) is 39.8 Å². The Kier molecular flexibility index (Phi) is 5.68. The highest BCUT2D eigenvalue weighted by Gasteiger charge is 2.27. The van der Waals surface area contributed by atoms with Crippen LogP contribution in [0.4, 0.5) is 5.13 Å². The van der Waals surface area contributed by atoms with E-state index in [-0.39, 0.29) is 17.7 Å². The number of hydrogen-bond donors (Lipinski definition) is 1. The van der Waals surface area contributed by atoms with Crippen molar-refractivity contribution in [1.29, 1.82) is 0 Å². The van der Waals surface area contributed by atoms with Gasteiger partial charge in [0.05, 0.1) is 20.9 Å². The number of rotatable bonds is 5. The zero-order chi connectivity index (χ0) is 19.5. The van der Waals surface area contributed by atoms with E-state index < -0.39 is 0 Å². The highest BCUT2D eigenvalue weighted by atomic mass is 32.1. The number of nitrogens with one attached hydrogen (secondary N) is 1. The summed E-state index contributed by atoms with van der Waals surface area (Å²) in [6.45, 7) is 3.17. The summed E-state index contributed by atoms with van der Waals surface area (Å²) in [7, 11) is 0. The van der Waals surface area contributed by atoms with Crippen molar-refractivity contribution < 1.29 is 9.59 Å². The molecule has 1 saturated heterocycles. The van der Waals surface area contributed by atoms with Crippen LogP contribution in [0.1, 0.15) is 30.0 Å². The number of para-hydroxylation sites is 1. The van der Waals surface area contributed by atoms with E-state index in [2.05, 4.69) is 21.4 Å². The van der Waals surface area contributed by atoms with Crippen LogP contribution in [0.3, 0.4) is 0 Å². The quantitative estimate of drug-likeness (QED) is 0.688. The molecule has 2 aromatic heterocycles. The van der Waals surface area contributed by atoms with E-state index in [1.165, 1.54) is 11.3 Å². The first-order chi connectivity index (χ1) is 13.6. The maximum atomic E-state index is 12.6. The predicted octanol–water partition coefficient (Wildman–Crippen LogP) is 3.87. The summed E-state index contributed by atoms with van der Waals surface area (Å²) in [6, 6.07) is 8.04. The Morgan fingerprint density at radius 3 is 2.71 bits per heavy atom. The van der Waals surface area contributed by atoms with Crippen LogP contribution in [0.2, 0.25) is 0 Å². The number of benzene rings is 1. The molecule has 3 aromatic rings. The molecule has 0 radical (unpaired) electrons. The molecular weight excluding hydrogens is 392 g/mol. The average molecular weight is 415 g/mol. The van der Waals surface area contributed by atoms with E-state index in [1.54, 1.807) is 11.3 Å². The zero-order valence-electron chi connectivity index (χ0n) is 15.7. The van der Waals surface area contributed by atoms with Gasteiger partial charge in [0, 0.05) is 37.2 Å². The second-order valence-corrected chi connectivity index (χ2v) is 8.99. The normalized spacial score (nSPS) is 15.1. The summed E-state index contributed by atoms with van der Waals surface area (Å²) in [5.74, 6) is 0.0992. The third kappa shape index (κ3) is 4.39. The van der Waals surface area contributed by atoms with Gasteiger partial charge in [0.25, 0.3) is 0 Å². The van der Waals surface area contributed by atoms with Crippen molar-refractivity contribution in [2.45, 2.75) is 32.6 Å². The second-order valence-electron chi connectivity index (χ2n) is 7.01. The van der Waals surface area contributed by atoms with E-state index in [9.17, 15) is 9.59 Å². The van der Waals surface area contributed by atoms with Crippen molar-refractivity contribution >= 4 is 49.8 Å². The fraction of sp³-hybridized carbons (Fsp3) is 0.400. The Balaban J connectivity index is 1.25. The smallest absolute Gasteiger partial charge is 0.229 e. The number of aromatic nitrogens is 2. The second kappa shape index (κ2) is 8.36. The highest BCUT2D eigenvalue weighted by molar-refractivity contribution is 7.18. The van der Waals surface area contributed by atoms with Gasteiger partial charge in [-0.25, -0.2) is 9.97 Å². The molecule has 1 aliphatic heterocycles. The van der Waals surface area contributed by atoms with Gasteiger partial charge < -0.3 is 10.2 Å². The predicted molar refractivity (Wildman–Crippen MR) is 113 cm³/mol. The van der Waals surface area contributed by atoms with E-state index in [4.69, 9.17) is 0 Å². The summed E-state index contributed by atoms with van der Waals surface area (Å²) in [4.78, 5) is 35.7. The molecule has 6 nitrogen and oxygen atoms in total. The largest absolute Gasteiger partial charge is 0.343 e. The van der Waals surface area contributed by atoms with Gasteiger partial charge in [-0.1, -0.05) is 12.1 Å². The van der Waals surface area contributed by atoms with E-state index in [0.717, 1.165) is 20.9 Å². The van der Waals surface area contributed by atoms with Crippen LogP contribution in [0.25, 0.3) is 10.2 Å². The average Bonchev–Trinajstić information content (AvgIpc) is 3.31. The molecule has 3 heterocycles. The number of aryl methyl sites for hydroxylation is 2. The maximum absolute atomic E-state index is 12.6. The number of carbonyl (C=O) groups excluding carboxylic acids is 2. The molecular formula is C20H22N4O2S2. The lowest BCUT2D eigenvalue weighted by Crippen LogP contribution is -2.41. The van der Waals surface area contributed by atoms with Crippen molar-refractivity contribution in [3.8, 4) is 0 Å². The van der Waals surface area contributed by atoms with Crippen LogP contribution in [0.15, 0.2) is 29.6 Å². The number of anilines is 1. The van der Waals surface area contributed by atoms with E-state index >= 15 is 0 Å². The Hall–Kier alpha value is -2.32. The van der Waals surface area contributed by atoms with Gasteiger partial charge in [0.15, 0.2) is 5.13 Å². The summed E-state index contributed by atoms with van der Waals surface area (Å²) >= 11 is 3.09. The Bertz CT molecular complexity index is 956. The van der Waals surface area contributed by atoms with Crippen molar-refractivity contribution in [1.82, 2.24) is 14.9 Å². The third-order valence-electron chi connectivity index (χ3n) is 4.96. The van der Waals surface area contributed by atoms with Crippen LogP contribution in [0, 0.1) is 12.8 Å². The minimum Gasteiger partial charge on any atom is -0.343 e. The fourth-order valence-electron chi connectivity index (χ4n) is 3.41. The van der Waals surface area contributed by atoms with Gasteiger partial charge >= 0.3 is 0 Å². The van der Waals surface area contributed by atoms with Crippen LogP contribution in [-0.2, 0) is 16.0 Å². The van der Waals surface area contributed by atoms with Crippen molar-refractivity contribution in [3.63, 3.8) is 0 Å². The lowest BCUT2D eigenvalue weighted by Gasteiger charge is -2.31. The topological polar surface area (TPSA) is 75.2 Å². The molecule has 8 heteroatoms. The Morgan fingerprint density at radius 2 is 2.00 bits per heavy atom. The monoisotopic (exact) mass is 414 g/mol. The summed E-state index contributed by atoms with van der Waals surface area (Å²) < 4.78 is 1.16.